The maximum Gasteiger partial charge on any atom is 0.422 e. The van der Waals surface area contributed by atoms with Gasteiger partial charge in [0.15, 0.2) is 12.6 Å². The van der Waals surface area contributed by atoms with Crippen molar-refractivity contribution in [2.75, 3.05) is 19.9 Å². The van der Waals surface area contributed by atoms with E-state index in [9.17, 15) is 13.2 Å². The molecule has 0 aliphatic heterocycles. The van der Waals surface area contributed by atoms with Gasteiger partial charge in [-0.2, -0.15) is 24.9 Å². The number of rotatable bonds is 6. The summed E-state index contributed by atoms with van der Waals surface area (Å²) in [5, 5.41) is 7.29. The lowest BCUT2D eigenvalue weighted by molar-refractivity contribution is -0.154. The average molecular weight is 504 g/mol. The van der Waals surface area contributed by atoms with Crippen LogP contribution in [0.2, 0.25) is 0 Å². The molecule has 1 fully saturated rings. The molecule has 1 aromatic heterocycles. The number of aliphatic imine (C=N–C) groups is 1. The van der Waals surface area contributed by atoms with Gasteiger partial charge in [-0.25, -0.2) is 4.98 Å². The molecular formula is C16H24F3IN4OS. The monoisotopic (exact) mass is 504 g/mol. The second-order valence-corrected chi connectivity index (χ2v) is 6.98. The first-order valence-electron chi connectivity index (χ1n) is 8.04. The van der Waals surface area contributed by atoms with Crippen molar-refractivity contribution in [3.63, 3.8) is 0 Å². The van der Waals surface area contributed by atoms with Crippen LogP contribution in [0.3, 0.4) is 0 Å². The number of guanidine groups is 1. The number of hydrogen-bond acceptors (Lipinski definition) is 4. The minimum absolute atomic E-state index is 0. The Morgan fingerprint density at radius 1 is 1.38 bits per heavy atom. The summed E-state index contributed by atoms with van der Waals surface area (Å²) >= 11 is 1.90. The largest absolute Gasteiger partial charge is 0.468 e. The molecule has 0 aromatic carbocycles. The highest BCUT2D eigenvalue weighted by molar-refractivity contribution is 14.0. The third-order valence-electron chi connectivity index (χ3n) is 3.92. The molecule has 0 amide bonds. The molecular weight excluding hydrogens is 480 g/mol. The van der Waals surface area contributed by atoms with Crippen LogP contribution in [0.1, 0.15) is 24.8 Å². The van der Waals surface area contributed by atoms with Gasteiger partial charge in [-0.1, -0.05) is 6.07 Å². The average Bonchev–Trinajstić information content (AvgIpc) is 3.04. The molecule has 26 heavy (non-hydrogen) atoms. The topological polar surface area (TPSA) is 58.5 Å². The molecule has 2 atom stereocenters. The maximum absolute atomic E-state index is 12.1. The lowest BCUT2D eigenvalue weighted by atomic mass is 10.2. The van der Waals surface area contributed by atoms with Crippen LogP contribution in [-0.2, 0) is 6.54 Å². The van der Waals surface area contributed by atoms with E-state index in [1.165, 1.54) is 18.7 Å². The van der Waals surface area contributed by atoms with Gasteiger partial charge in [0.1, 0.15) is 0 Å². The number of halogens is 4. The minimum Gasteiger partial charge on any atom is -0.468 e. The van der Waals surface area contributed by atoms with E-state index in [2.05, 4.69) is 31.6 Å². The van der Waals surface area contributed by atoms with Crippen LogP contribution >= 0.6 is 35.7 Å². The summed E-state index contributed by atoms with van der Waals surface area (Å²) in [7, 11) is 1.71. The summed E-state index contributed by atoms with van der Waals surface area (Å²) in [6, 6.07) is 3.53. The van der Waals surface area contributed by atoms with Gasteiger partial charge < -0.3 is 15.4 Å². The third kappa shape index (κ3) is 8.19. The highest BCUT2D eigenvalue weighted by atomic mass is 127. The zero-order chi connectivity index (χ0) is 18.3. The number of nitrogens with one attached hydrogen (secondary N) is 2. The first-order valence-corrected chi connectivity index (χ1v) is 9.33. The molecule has 1 aliphatic carbocycles. The van der Waals surface area contributed by atoms with E-state index >= 15 is 0 Å². The Morgan fingerprint density at radius 2 is 2.15 bits per heavy atom. The third-order valence-corrected chi connectivity index (χ3v) is 5.02. The zero-order valence-electron chi connectivity index (χ0n) is 14.7. The Bertz CT molecular complexity index is 572. The fourth-order valence-corrected chi connectivity index (χ4v) is 3.41. The second kappa shape index (κ2) is 11.1. The zero-order valence-corrected chi connectivity index (χ0v) is 17.8. The normalized spacial score (nSPS) is 20.4. The Morgan fingerprint density at radius 3 is 2.69 bits per heavy atom. The van der Waals surface area contributed by atoms with Crippen LogP contribution in [0.4, 0.5) is 13.2 Å². The minimum atomic E-state index is -4.37. The van der Waals surface area contributed by atoms with Gasteiger partial charge in [-0.05, 0) is 31.1 Å². The highest BCUT2D eigenvalue weighted by Crippen LogP contribution is 2.28. The summed E-state index contributed by atoms with van der Waals surface area (Å²) in [6.45, 7) is -0.864. The van der Waals surface area contributed by atoms with Gasteiger partial charge in [-0.3, -0.25) is 4.99 Å². The number of hydrogen-bond donors (Lipinski definition) is 2. The molecule has 1 heterocycles. The van der Waals surface area contributed by atoms with E-state index in [4.69, 9.17) is 0 Å². The molecule has 2 rings (SSSR count). The second-order valence-electron chi connectivity index (χ2n) is 5.85. The number of ether oxygens (including phenoxy) is 1. The molecule has 0 bridgehead atoms. The van der Waals surface area contributed by atoms with Crippen molar-refractivity contribution in [2.24, 2.45) is 4.99 Å². The maximum atomic E-state index is 12.1. The van der Waals surface area contributed by atoms with Crippen LogP contribution in [-0.4, -0.2) is 48.3 Å². The van der Waals surface area contributed by atoms with E-state index in [-0.39, 0.29) is 29.9 Å². The lowest BCUT2D eigenvalue weighted by Gasteiger charge is -2.17. The molecule has 5 nitrogen and oxygen atoms in total. The molecule has 1 aliphatic rings. The van der Waals surface area contributed by atoms with Crippen LogP contribution in [0.25, 0.3) is 0 Å². The van der Waals surface area contributed by atoms with E-state index in [0.717, 1.165) is 18.4 Å². The van der Waals surface area contributed by atoms with E-state index < -0.39 is 12.8 Å². The SMILES string of the molecule is CN=C(NCc1ccc(OCC(F)(F)F)nc1)NC1CCC(SC)C1.I. The smallest absolute Gasteiger partial charge is 0.422 e. The fraction of sp³-hybridized carbons (Fsp3) is 0.625. The van der Waals surface area contributed by atoms with Crippen molar-refractivity contribution >= 4 is 41.7 Å². The van der Waals surface area contributed by atoms with Gasteiger partial charge in [0.25, 0.3) is 0 Å². The summed E-state index contributed by atoms with van der Waals surface area (Å²) in [4.78, 5) is 8.09. The molecule has 0 radical (unpaired) electrons. The first kappa shape index (κ1) is 23.1. The highest BCUT2D eigenvalue weighted by Gasteiger charge is 2.28. The molecule has 148 valence electrons. The number of thioether (sulfide) groups is 1. The van der Waals surface area contributed by atoms with E-state index in [1.807, 2.05) is 11.8 Å². The van der Waals surface area contributed by atoms with Crippen molar-refractivity contribution in [3.05, 3.63) is 23.9 Å². The molecule has 10 heteroatoms. The quantitative estimate of drug-likeness (QED) is 0.353. The van der Waals surface area contributed by atoms with Crippen molar-refractivity contribution in [1.29, 1.82) is 0 Å². The molecule has 0 saturated heterocycles. The Kier molecular flexibility index (Phi) is 9.83. The van der Waals surface area contributed by atoms with Crippen molar-refractivity contribution < 1.29 is 17.9 Å². The number of alkyl halides is 3. The van der Waals surface area contributed by atoms with Crippen LogP contribution in [0, 0.1) is 0 Å². The predicted octanol–water partition coefficient (Wildman–Crippen LogP) is 3.59. The molecule has 1 aromatic rings. The molecule has 1 saturated carbocycles. The summed E-state index contributed by atoms with van der Waals surface area (Å²) in [5.41, 5.74) is 0.829. The Balaban J connectivity index is 0.00000338. The summed E-state index contributed by atoms with van der Waals surface area (Å²) in [6.07, 6.45) is 2.71. The molecule has 2 unspecified atom stereocenters. The van der Waals surface area contributed by atoms with Crippen molar-refractivity contribution in [1.82, 2.24) is 15.6 Å². The first-order chi connectivity index (χ1) is 11.9. The van der Waals surface area contributed by atoms with Gasteiger partial charge in [0.2, 0.25) is 5.88 Å². The molecule has 0 spiro atoms. The van der Waals surface area contributed by atoms with Gasteiger partial charge in [0.05, 0.1) is 0 Å². The van der Waals surface area contributed by atoms with Crippen LogP contribution in [0.5, 0.6) is 5.88 Å². The standard InChI is InChI=1S/C16H23F3N4OS.HI/c1-20-15(23-12-4-5-13(7-12)25-2)22-9-11-3-6-14(21-8-11)24-10-16(17,18)19;/h3,6,8,12-13H,4-5,7,9-10H2,1-2H3,(H2,20,22,23);1H. The van der Waals surface area contributed by atoms with Crippen molar-refractivity contribution in [2.45, 2.75) is 43.3 Å². The van der Waals surface area contributed by atoms with Crippen LogP contribution in [0.15, 0.2) is 23.3 Å². The van der Waals surface area contributed by atoms with Gasteiger partial charge >= 0.3 is 6.18 Å². The molecule has 2 N–H and O–H groups in total. The van der Waals surface area contributed by atoms with E-state index in [0.29, 0.717) is 23.8 Å². The van der Waals surface area contributed by atoms with Crippen molar-refractivity contribution in [3.8, 4) is 5.88 Å². The number of aromatic nitrogens is 1. The summed E-state index contributed by atoms with van der Waals surface area (Å²) in [5.74, 6) is 0.668. The van der Waals surface area contributed by atoms with Gasteiger partial charge in [0, 0.05) is 37.1 Å². The van der Waals surface area contributed by atoms with Gasteiger partial charge in [-0.15, -0.1) is 24.0 Å². The van der Waals surface area contributed by atoms with E-state index in [1.54, 1.807) is 13.1 Å². The number of nitrogens with zero attached hydrogens (tertiary/aromatic N) is 2. The predicted molar refractivity (Wildman–Crippen MR) is 109 cm³/mol. The van der Waals surface area contributed by atoms with Crippen LogP contribution < -0.4 is 15.4 Å². The Hall–Kier alpha value is -0.910. The number of pyridine rings is 1. The summed E-state index contributed by atoms with van der Waals surface area (Å²) < 4.78 is 40.9. The Labute approximate surface area is 173 Å². The lowest BCUT2D eigenvalue weighted by Crippen LogP contribution is -2.42. The fourth-order valence-electron chi connectivity index (χ4n) is 2.62.